The Morgan fingerprint density at radius 3 is 2.40 bits per heavy atom. The second-order valence-electron chi connectivity index (χ2n) is 6.01. The van der Waals surface area contributed by atoms with Crippen LogP contribution in [0.5, 0.6) is 0 Å². The zero-order valence-electron chi connectivity index (χ0n) is 13.8. The van der Waals surface area contributed by atoms with Crippen molar-refractivity contribution in [1.82, 2.24) is 9.80 Å². The molecule has 1 aromatic heterocycles. The van der Waals surface area contributed by atoms with Crippen LogP contribution in [0.15, 0.2) is 47.1 Å². The molecule has 132 valence electrons. The zero-order valence-corrected chi connectivity index (χ0v) is 13.8. The summed E-state index contributed by atoms with van der Waals surface area (Å²) < 4.78 is 18.2. The summed E-state index contributed by atoms with van der Waals surface area (Å²) in [7, 11) is 0. The third-order valence-electron chi connectivity index (χ3n) is 4.10. The van der Waals surface area contributed by atoms with Crippen molar-refractivity contribution in [2.45, 2.75) is 0 Å². The number of Topliss-reactive ketones (excluding diaryl/α,β-unsaturated/α-hetero) is 1. The quantitative estimate of drug-likeness (QED) is 0.810. The number of amides is 1. The van der Waals surface area contributed by atoms with Crippen LogP contribution in [0.3, 0.4) is 0 Å². The van der Waals surface area contributed by atoms with E-state index in [1.165, 1.54) is 18.4 Å². The van der Waals surface area contributed by atoms with Gasteiger partial charge in [-0.05, 0) is 30.3 Å². The molecule has 7 heteroatoms. The van der Waals surface area contributed by atoms with Crippen LogP contribution in [-0.2, 0) is 4.79 Å². The average molecular weight is 345 g/mol. The Balaban J connectivity index is 1.41. The van der Waals surface area contributed by atoms with Gasteiger partial charge in [0.15, 0.2) is 5.76 Å². The summed E-state index contributed by atoms with van der Waals surface area (Å²) in [5.41, 5.74) is 0.452. The van der Waals surface area contributed by atoms with Crippen LogP contribution in [0.1, 0.15) is 10.6 Å². The number of carbonyl (C=O) groups is 2. The van der Waals surface area contributed by atoms with Gasteiger partial charge in [0.1, 0.15) is 5.82 Å². The van der Waals surface area contributed by atoms with Gasteiger partial charge in [-0.25, -0.2) is 4.39 Å². The molecule has 1 fully saturated rings. The normalized spacial score (nSPS) is 15.9. The lowest BCUT2D eigenvalue weighted by Crippen LogP contribution is -2.49. The van der Waals surface area contributed by atoms with Crippen molar-refractivity contribution < 1.29 is 18.4 Å². The summed E-state index contributed by atoms with van der Waals surface area (Å²) in [6.45, 7) is 3.37. The standard InChI is InChI=1S/C18H20FN3O3/c19-14-3-1-4-15(11-14)20-18(24)13-22-8-6-21(7-9-22)12-16(23)17-5-2-10-25-17/h1-5,10-11H,6-9,12-13H2,(H,20,24). The minimum atomic E-state index is -0.382. The highest BCUT2D eigenvalue weighted by atomic mass is 19.1. The van der Waals surface area contributed by atoms with Crippen LogP contribution >= 0.6 is 0 Å². The Hall–Kier alpha value is -2.51. The molecule has 0 atom stereocenters. The number of furan rings is 1. The molecule has 0 aliphatic carbocycles. The molecule has 0 unspecified atom stereocenters. The summed E-state index contributed by atoms with van der Waals surface area (Å²) in [4.78, 5) is 28.1. The van der Waals surface area contributed by atoms with Crippen molar-refractivity contribution in [3.63, 3.8) is 0 Å². The number of rotatable bonds is 6. The van der Waals surface area contributed by atoms with E-state index in [9.17, 15) is 14.0 Å². The third-order valence-corrected chi connectivity index (χ3v) is 4.10. The number of hydrogen-bond acceptors (Lipinski definition) is 5. The highest BCUT2D eigenvalue weighted by Gasteiger charge is 2.21. The first kappa shape index (κ1) is 17.3. The van der Waals surface area contributed by atoms with Crippen LogP contribution < -0.4 is 5.32 Å². The molecule has 1 aliphatic rings. The fourth-order valence-electron chi connectivity index (χ4n) is 2.79. The van der Waals surface area contributed by atoms with E-state index in [1.807, 2.05) is 9.80 Å². The van der Waals surface area contributed by atoms with Crippen LogP contribution in [0, 0.1) is 5.82 Å². The van der Waals surface area contributed by atoms with Crippen LogP contribution in [0.4, 0.5) is 10.1 Å². The largest absolute Gasteiger partial charge is 0.461 e. The Labute approximate surface area is 145 Å². The van der Waals surface area contributed by atoms with Gasteiger partial charge in [0.05, 0.1) is 19.4 Å². The van der Waals surface area contributed by atoms with Gasteiger partial charge in [0, 0.05) is 31.9 Å². The van der Waals surface area contributed by atoms with Gasteiger partial charge in [0.2, 0.25) is 11.7 Å². The first-order chi connectivity index (χ1) is 12.1. The minimum absolute atomic E-state index is 0.0395. The number of nitrogens with one attached hydrogen (secondary N) is 1. The molecule has 3 rings (SSSR count). The Kier molecular flexibility index (Phi) is 5.57. The number of hydrogen-bond donors (Lipinski definition) is 1. The zero-order chi connectivity index (χ0) is 17.6. The average Bonchev–Trinajstić information content (AvgIpc) is 3.11. The van der Waals surface area contributed by atoms with E-state index in [2.05, 4.69) is 5.32 Å². The molecule has 1 aliphatic heterocycles. The number of carbonyl (C=O) groups excluding carboxylic acids is 2. The van der Waals surface area contributed by atoms with E-state index >= 15 is 0 Å². The lowest BCUT2D eigenvalue weighted by atomic mass is 10.2. The maximum Gasteiger partial charge on any atom is 0.238 e. The predicted molar refractivity (Wildman–Crippen MR) is 90.9 cm³/mol. The SMILES string of the molecule is O=C(CN1CCN(CC(=O)c2ccco2)CC1)Nc1cccc(F)c1. The number of nitrogens with zero attached hydrogens (tertiary/aromatic N) is 2. The molecule has 0 saturated carbocycles. The van der Waals surface area contributed by atoms with Crippen molar-refractivity contribution in [2.75, 3.05) is 44.6 Å². The molecule has 2 heterocycles. The van der Waals surface area contributed by atoms with Crippen LogP contribution in [-0.4, -0.2) is 60.8 Å². The van der Waals surface area contributed by atoms with Gasteiger partial charge in [-0.15, -0.1) is 0 Å². The third kappa shape index (κ3) is 4.98. The molecule has 25 heavy (non-hydrogen) atoms. The summed E-state index contributed by atoms with van der Waals surface area (Å²) in [5.74, 6) is -0.224. The molecule has 6 nitrogen and oxygen atoms in total. The molecule has 1 N–H and O–H groups in total. The summed E-state index contributed by atoms with van der Waals surface area (Å²) in [6.07, 6.45) is 1.49. The topological polar surface area (TPSA) is 65.8 Å². The molecule has 0 radical (unpaired) electrons. The number of halogens is 1. The van der Waals surface area contributed by atoms with Gasteiger partial charge >= 0.3 is 0 Å². The fourth-order valence-corrected chi connectivity index (χ4v) is 2.79. The minimum Gasteiger partial charge on any atom is -0.461 e. The maximum absolute atomic E-state index is 13.1. The van der Waals surface area contributed by atoms with Crippen LogP contribution in [0.2, 0.25) is 0 Å². The number of ketones is 1. The first-order valence-electron chi connectivity index (χ1n) is 8.17. The predicted octanol–water partition coefficient (Wildman–Crippen LogP) is 1.86. The number of benzene rings is 1. The summed E-state index contributed by atoms with van der Waals surface area (Å²) in [5, 5.41) is 2.69. The number of anilines is 1. The number of piperazine rings is 1. The van der Waals surface area contributed by atoms with Crippen molar-refractivity contribution in [1.29, 1.82) is 0 Å². The van der Waals surface area contributed by atoms with Crippen LogP contribution in [0.25, 0.3) is 0 Å². The molecular formula is C18H20FN3O3. The summed E-state index contributed by atoms with van der Waals surface area (Å²) in [6, 6.07) is 9.19. The van der Waals surface area contributed by atoms with Crippen molar-refractivity contribution in [3.8, 4) is 0 Å². The van der Waals surface area contributed by atoms with Crippen molar-refractivity contribution in [3.05, 3.63) is 54.2 Å². The smallest absolute Gasteiger partial charge is 0.238 e. The molecule has 0 spiro atoms. The van der Waals surface area contributed by atoms with E-state index in [0.29, 0.717) is 44.2 Å². The van der Waals surface area contributed by atoms with Gasteiger partial charge in [-0.1, -0.05) is 6.07 Å². The maximum atomic E-state index is 13.1. The Bertz CT molecular complexity index is 725. The summed E-state index contributed by atoms with van der Waals surface area (Å²) >= 11 is 0. The van der Waals surface area contributed by atoms with E-state index in [-0.39, 0.29) is 24.1 Å². The van der Waals surface area contributed by atoms with Gasteiger partial charge in [-0.2, -0.15) is 0 Å². The molecule has 0 bridgehead atoms. The Morgan fingerprint density at radius 1 is 1.04 bits per heavy atom. The van der Waals surface area contributed by atoms with Gasteiger partial charge < -0.3 is 9.73 Å². The van der Waals surface area contributed by atoms with E-state index in [1.54, 1.807) is 24.3 Å². The monoisotopic (exact) mass is 345 g/mol. The molecule has 1 saturated heterocycles. The van der Waals surface area contributed by atoms with E-state index in [4.69, 9.17) is 4.42 Å². The molecule has 1 amide bonds. The second kappa shape index (κ2) is 8.04. The highest BCUT2D eigenvalue weighted by Crippen LogP contribution is 2.10. The van der Waals surface area contributed by atoms with Crippen molar-refractivity contribution in [2.24, 2.45) is 0 Å². The van der Waals surface area contributed by atoms with E-state index < -0.39 is 0 Å². The molecule has 1 aromatic carbocycles. The fraction of sp³-hybridized carbons (Fsp3) is 0.333. The van der Waals surface area contributed by atoms with Gasteiger partial charge in [0.25, 0.3) is 0 Å². The van der Waals surface area contributed by atoms with E-state index in [0.717, 1.165) is 0 Å². The first-order valence-corrected chi connectivity index (χ1v) is 8.17. The molecule has 2 aromatic rings. The van der Waals surface area contributed by atoms with Crippen molar-refractivity contribution >= 4 is 17.4 Å². The molecular weight excluding hydrogens is 325 g/mol. The Morgan fingerprint density at radius 2 is 1.76 bits per heavy atom. The lowest BCUT2D eigenvalue weighted by molar-refractivity contribution is -0.117. The van der Waals surface area contributed by atoms with Gasteiger partial charge in [-0.3, -0.25) is 19.4 Å². The lowest BCUT2D eigenvalue weighted by Gasteiger charge is -2.33. The second-order valence-corrected chi connectivity index (χ2v) is 6.01. The highest BCUT2D eigenvalue weighted by molar-refractivity contribution is 5.95.